The number of aryl methyl sites for hydroxylation is 1. The van der Waals surface area contributed by atoms with E-state index < -0.39 is 0 Å². The molecule has 1 aliphatic rings. The van der Waals surface area contributed by atoms with E-state index in [1.165, 1.54) is 0 Å². The van der Waals surface area contributed by atoms with Crippen molar-refractivity contribution in [1.29, 1.82) is 0 Å². The highest BCUT2D eigenvalue weighted by Gasteiger charge is 2.33. The third kappa shape index (κ3) is 3.54. The highest BCUT2D eigenvalue weighted by molar-refractivity contribution is 5.90. The Morgan fingerprint density at radius 2 is 2.42 bits per heavy atom. The predicted molar refractivity (Wildman–Crippen MR) is 72.7 cm³/mol. The summed E-state index contributed by atoms with van der Waals surface area (Å²) < 4.78 is 4.96. The first-order valence-electron chi connectivity index (χ1n) is 6.58. The summed E-state index contributed by atoms with van der Waals surface area (Å²) in [6.07, 6.45) is 0.918. The summed E-state index contributed by atoms with van der Waals surface area (Å²) >= 11 is 0. The summed E-state index contributed by atoms with van der Waals surface area (Å²) in [5.74, 6) is 0.317. The van der Waals surface area contributed by atoms with Crippen LogP contribution in [0.2, 0.25) is 0 Å². The second kappa shape index (κ2) is 5.30. The number of hydrogen-bond donors (Lipinski definition) is 2. The minimum atomic E-state index is -0.0811. The molecule has 1 atom stereocenters. The van der Waals surface area contributed by atoms with Crippen LogP contribution in [0.5, 0.6) is 0 Å². The molecule has 0 saturated carbocycles. The van der Waals surface area contributed by atoms with Gasteiger partial charge in [-0.3, -0.25) is 15.0 Å². The van der Waals surface area contributed by atoms with E-state index in [9.17, 15) is 4.79 Å². The van der Waals surface area contributed by atoms with Crippen LogP contribution >= 0.6 is 0 Å². The average Bonchev–Trinajstić information content (AvgIpc) is 2.69. The Balaban J connectivity index is 1.86. The largest absolute Gasteiger partial charge is 0.338 e. The number of likely N-dealkylation sites (tertiary alicyclic amines) is 1. The van der Waals surface area contributed by atoms with Crippen molar-refractivity contribution in [3.05, 3.63) is 11.8 Å². The quantitative estimate of drug-likeness (QED) is 0.852. The van der Waals surface area contributed by atoms with Gasteiger partial charge in [0, 0.05) is 25.2 Å². The van der Waals surface area contributed by atoms with Gasteiger partial charge in [-0.25, -0.2) is 0 Å². The third-order valence-electron chi connectivity index (χ3n) is 3.65. The monoisotopic (exact) mass is 266 g/mol. The van der Waals surface area contributed by atoms with Crippen molar-refractivity contribution >= 4 is 11.8 Å². The van der Waals surface area contributed by atoms with Crippen LogP contribution in [0.3, 0.4) is 0 Å². The zero-order valence-electron chi connectivity index (χ0n) is 11.8. The number of carbonyl (C=O) groups is 1. The number of nitrogens with two attached hydrogens (primary N) is 1. The van der Waals surface area contributed by atoms with E-state index in [1.54, 1.807) is 6.07 Å². The van der Waals surface area contributed by atoms with Crippen LogP contribution in [0.25, 0.3) is 0 Å². The summed E-state index contributed by atoms with van der Waals surface area (Å²) in [6, 6.07) is 1.90. The molecule has 0 spiro atoms. The van der Waals surface area contributed by atoms with Gasteiger partial charge in [0.25, 0.3) is 0 Å². The van der Waals surface area contributed by atoms with Crippen LogP contribution in [0.4, 0.5) is 5.88 Å². The number of piperidine rings is 1. The van der Waals surface area contributed by atoms with Gasteiger partial charge in [-0.05, 0) is 18.8 Å². The highest BCUT2D eigenvalue weighted by atomic mass is 16.5. The molecular weight excluding hydrogens is 244 g/mol. The summed E-state index contributed by atoms with van der Waals surface area (Å²) in [5.41, 5.74) is 6.87. The van der Waals surface area contributed by atoms with Crippen molar-refractivity contribution in [1.82, 2.24) is 10.1 Å². The van der Waals surface area contributed by atoms with Crippen molar-refractivity contribution < 1.29 is 9.32 Å². The van der Waals surface area contributed by atoms with Crippen LogP contribution in [-0.4, -0.2) is 41.6 Å². The molecule has 1 unspecified atom stereocenters. The molecular formula is C13H22N4O2. The molecule has 3 N–H and O–H groups in total. The van der Waals surface area contributed by atoms with Crippen LogP contribution in [0, 0.1) is 12.3 Å². The first kappa shape index (κ1) is 14.0. The second-order valence-corrected chi connectivity index (χ2v) is 5.98. The third-order valence-corrected chi connectivity index (χ3v) is 3.65. The fourth-order valence-electron chi connectivity index (χ4n) is 2.42. The van der Waals surface area contributed by atoms with Crippen LogP contribution in [-0.2, 0) is 4.79 Å². The Kier molecular flexibility index (Phi) is 3.91. The molecule has 1 aliphatic heterocycles. The van der Waals surface area contributed by atoms with Gasteiger partial charge < -0.3 is 10.3 Å². The lowest BCUT2D eigenvalue weighted by atomic mass is 9.80. The number of aromatic nitrogens is 1. The number of rotatable bonds is 3. The minimum Gasteiger partial charge on any atom is -0.338 e. The first-order chi connectivity index (χ1) is 8.87. The summed E-state index contributed by atoms with van der Waals surface area (Å²) in [5, 5.41) is 6.44. The number of anilines is 1. The van der Waals surface area contributed by atoms with E-state index in [-0.39, 0.29) is 17.4 Å². The molecule has 6 heteroatoms. The Hall–Kier alpha value is -1.40. The van der Waals surface area contributed by atoms with Gasteiger partial charge in [-0.15, -0.1) is 0 Å². The van der Waals surface area contributed by atoms with Gasteiger partial charge in [0.05, 0.1) is 12.2 Å². The van der Waals surface area contributed by atoms with E-state index in [4.69, 9.17) is 10.3 Å². The number of nitrogens with zero attached hydrogens (tertiary/aromatic N) is 2. The number of amides is 1. The van der Waals surface area contributed by atoms with E-state index >= 15 is 0 Å². The van der Waals surface area contributed by atoms with Gasteiger partial charge in [-0.1, -0.05) is 19.0 Å². The Morgan fingerprint density at radius 1 is 1.68 bits per heavy atom. The van der Waals surface area contributed by atoms with E-state index in [2.05, 4.69) is 29.2 Å². The molecule has 0 radical (unpaired) electrons. The van der Waals surface area contributed by atoms with Crippen LogP contribution in [0.1, 0.15) is 26.0 Å². The molecule has 0 aliphatic carbocycles. The van der Waals surface area contributed by atoms with E-state index in [1.807, 2.05) is 6.92 Å². The van der Waals surface area contributed by atoms with Gasteiger partial charge >= 0.3 is 0 Å². The average molecular weight is 266 g/mol. The zero-order chi connectivity index (χ0) is 14.0. The topological polar surface area (TPSA) is 84.4 Å². The Morgan fingerprint density at radius 3 is 3.00 bits per heavy atom. The number of hydrogen-bond acceptors (Lipinski definition) is 5. The molecule has 0 bridgehead atoms. The molecule has 6 nitrogen and oxygen atoms in total. The maximum absolute atomic E-state index is 11.9. The normalized spacial score (nSPS) is 23.3. The lowest BCUT2D eigenvalue weighted by molar-refractivity contribution is -0.118. The second-order valence-electron chi connectivity index (χ2n) is 5.98. The molecule has 1 saturated heterocycles. The van der Waals surface area contributed by atoms with Crippen molar-refractivity contribution in [2.24, 2.45) is 11.1 Å². The summed E-state index contributed by atoms with van der Waals surface area (Å²) in [4.78, 5) is 14.0. The molecule has 1 aromatic heterocycles. The van der Waals surface area contributed by atoms with E-state index in [0.29, 0.717) is 12.4 Å². The molecule has 19 heavy (non-hydrogen) atoms. The van der Waals surface area contributed by atoms with Crippen LogP contribution < -0.4 is 11.1 Å². The first-order valence-corrected chi connectivity index (χ1v) is 6.58. The molecule has 2 heterocycles. The van der Waals surface area contributed by atoms with Crippen molar-refractivity contribution in [2.75, 3.05) is 25.0 Å². The van der Waals surface area contributed by atoms with Gasteiger partial charge in [-0.2, -0.15) is 0 Å². The van der Waals surface area contributed by atoms with Gasteiger partial charge in [0.15, 0.2) is 0 Å². The summed E-state index contributed by atoms with van der Waals surface area (Å²) in [7, 11) is 0. The minimum absolute atomic E-state index is 0.0430. The van der Waals surface area contributed by atoms with Gasteiger partial charge in [0.1, 0.15) is 0 Å². The lowest BCUT2D eigenvalue weighted by Gasteiger charge is -2.42. The lowest BCUT2D eigenvalue weighted by Crippen LogP contribution is -2.53. The number of nitrogens with one attached hydrogen (secondary N) is 1. The molecule has 106 valence electrons. The SMILES string of the molecule is Cc1cc(NC(=O)CN2CCC(N)C(C)(C)C2)on1. The maximum atomic E-state index is 11.9. The predicted octanol–water partition coefficient (Wildman–Crippen LogP) is 0.981. The van der Waals surface area contributed by atoms with Gasteiger partial charge in [0.2, 0.25) is 11.8 Å². The maximum Gasteiger partial charge on any atom is 0.240 e. The van der Waals surface area contributed by atoms with Crippen molar-refractivity contribution in [2.45, 2.75) is 33.2 Å². The van der Waals surface area contributed by atoms with Crippen LogP contribution in [0.15, 0.2) is 10.6 Å². The molecule has 1 amide bonds. The number of carbonyl (C=O) groups excluding carboxylic acids is 1. The van der Waals surface area contributed by atoms with Crippen molar-refractivity contribution in [3.8, 4) is 0 Å². The summed E-state index contributed by atoms with van der Waals surface area (Å²) in [6.45, 7) is 8.14. The Bertz CT molecular complexity index is 455. The molecule has 2 rings (SSSR count). The smallest absolute Gasteiger partial charge is 0.240 e. The molecule has 1 aromatic rings. The molecule has 0 aromatic carbocycles. The zero-order valence-corrected chi connectivity index (χ0v) is 11.8. The fourth-order valence-corrected chi connectivity index (χ4v) is 2.42. The van der Waals surface area contributed by atoms with Crippen molar-refractivity contribution in [3.63, 3.8) is 0 Å². The molecule has 1 fully saturated rings. The Labute approximate surface area is 113 Å². The highest BCUT2D eigenvalue weighted by Crippen LogP contribution is 2.27. The van der Waals surface area contributed by atoms with E-state index in [0.717, 1.165) is 25.2 Å². The standard InChI is InChI=1S/C13H22N4O2/c1-9-6-12(19-16-9)15-11(18)7-17-5-4-10(14)13(2,3)8-17/h6,10H,4-5,7-8,14H2,1-3H3,(H,15,18). The fraction of sp³-hybridized carbons (Fsp3) is 0.692.